The number of nitrogens with zero attached hydrogens (tertiary/aromatic N) is 1. The lowest BCUT2D eigenvalue weighted by Gasteiger charge is -2.39. The molecule has 58 valence electrons. The lowest BCUT2D eigenvalue weighted by molar-refractivity contribution is -0.137. The third kappa shape index (κ3) is 1.25. The second-order valence-electron chi connectivity index (χ2n) is 2.35. The van der Waals surface area contributed by atoms with E-state index in [0.717, 1.165) is 13.0 Å². The first-order valence-electron chi connectivity index (χ1n) is 3.26. The van der Waals surface area contributed by atoms with Crippen LogP contribution in [0.1, 0.15) is 6.42 Å². The maximum atomic E-state index is 10.8. The van der Waals surface area contributed by atoms with Gasteiger partial charge in [0.1, 0.15) is 5.88 Å². The maximum absolute atomic E-state index is 10.8. The minimum absolute atomic E-state index is 0.0243. The molecule has 10 heavy (non-hydrogen) atoms. The Morgan fingerprint density at radius 2 is 2.50 bits per heavy atom. The molecule has 1 unspecified atom stereocenters. The molecule has 1 amide bonds. The highest BCUT2D eigenvalue weighted by Gasteiger charge is 2.30. The first-order chi connectivity index (χ1) is 4.79. The van der Waals surface area contributed by atoms with Crippen molar-refractivity contribution in [2.45, 2.75) is 12.5 Å². The molecule has 1 rings (SSSR count). The Morgan fingerprint density at radius 3 is 2.80 bits per heavy atom. The number of hydrogen-bond donors (Lipinski definition) is 1. The zero-order chi connectivity index (χ0) is 7.56. The van der Waals surface area contributed by atoms with E-state index in [-0.39, 0.29) is 24.4 Å². The molecule has 1 aliphatic rings. The summed E-state index contributed by atoms with van der Waals surface area (Å²) in [7, 11) is 0. The minimum Gasteiger partial charge on any atom is -0.394 e. The Kier molecular flexibility index (Phi) is 2.51. The van der Waals surface area contributed by atoms with E-state index in [2.05, 4.69) is 0 Å². The van der Waals surface area contributed by atoms with E-state index in [1.807, 2.05) is 0 Å². The Bertz CT molecular complexity index is 138. The van der Waals surface area contributed by atoms with Crippen LogP contribution in [-0.4, -0.2) is 41.0 Å². The van der Waals surface area contributed by atoms with Crippen molar-refractivity contribution in [3.63, 3.8) is 0 Å². The van der Waals surface area contributed by atoms with Crippen molar-refractivity contribution in [2.75, 3.05) is 19.0 Å². The fourth-order valence-electron chi connectivity index (χ4n) is 1.04. The molecule has 1 saturated heterocycles. The SMILES string of the molecule is O=C(CCl)N1CCC1CO. The van der Waals surface area contributed by atoms with E-state index < -0.39 is 0 Å². The number of amides is 1. The van der Waals surface area contributed by atoms with Gasteiger partial charge in [0, 0.05) is 6.54 Å². The summed E-state index contributed by atoms with van der Waals surface area (Å²) in [6.45, 7) is 0.805. The molecule has 1 atom stereocenters. The van der Waals surface area contributed by atoms with Crippen molar-refractivity contribution in [3.05, 3.63) is 0 Å². The first-order valence-corrected chi connectivity index (χ1v) is 3.79. The van der Waals surface area contributed by atoms with E-state index >= 15 is 0 Å². The zero-order valence-electron chi connectivity index (χ0n) is 5.59. The number of rotatable bonds is 2. The molecule has 0 spiro atoms. The van der Waals surface area contributed by atoms with Gasteiger partial charge in [0.2, 0.25) is 5.91 Å². The van der Waals surface area contributed by atoms with Crippen molar-refractivity contribution < 1.29 is 9.90 Å². The van der Waals surface area contributed by atoms with Gasteiger partial charge in [0.15, 0.2) is 0 Å². The van der Waals surface area contributed by atoms with Gasteiger partial charge >= 0.3 is 0 Å². The smallest absolute Gasteiger partial charge is 0.237 e. The number of carbonyl (C=O) groups excluding carboxylic acids is 1. The van der Waals surface area contributed by atoms with Gasteiger partial charge in [-0.1, -0.05) is 0 Å². The highest BCUT2D eigenvalue weighted by atomic mass is 35.5. The highest BCUT2D eigenvalue weighted by molar-refractivity contribution is 6.27. The second kappa shape index (κ2) is 3.21. The minimum atomic E-state index is -0.0769. The molecule has 4 heteroatoms. The van der Waals surface area contributed by atoms with E-state index in [1.165, 1.54) is 0 Å². The summed E-state index contributed by atoms with van der Waals surface area (Å²) in [6.07, 6.45) is 0.902. The standard InChI is InChI=1S/C6H10ClNO2/c7-3-6(10)8-2-1-5(8)4-9/h5,9H,1-4H2. The summed E-state index contributed by atoms with van der Waals surface area (Å²) in [5.41, 5.74) is 0. The fraction of sp³-hybridized carbons (Fsp3) is 0.833. The fourth-order valence-corrected chi connectivity index (χ4v) is 1.19. The zero-order valence-corrected chi connectivity index (χ0v) is 6.34. The van der Waals surface area contributed by atoms with Crippen LogP contribution in [0.4, 0.5) is 0 Å². The van der Waals surface area contributed by atoms with Gasteiger partial charge in [0.05, 0.1) is 12.6 Å². The molecule has 0 aromatic rings. The van der Waals surface area contributed by atoms with Crippen molar-refractivity contribution >= 4 is 17.5 Å². The molecule has 1 N–H and O–H groups in total. The first kappa shape index (κ1) is 7.82. The lowest BCUT2D eigenvalue weighted by Crippen LogP contribution is -2.53. The molecule has 1 fully saturated rings. The van der Waals surface area contributed by atoms with Crippen LogP contribution in [0.3, 0.4) is 0 Å². The van der Waals surface area contributed by atoms with Gasteiger partial charge in [-0.2, -0.15) is 0 Å². The summed E-state index contributed by atoms with van der Waals surface area (Å²) in [4.78, 5) is 12.5. The van der Waals surface area contributed by atoms with E-state index in [4.69, 9.17) is 16.7 Å². The van der Waals surface area contributed by atoms with Crippen LogP contribution in [0, 0.1) is 0 Å². The molecule has 1 aliphatic heterocycles. The van der Waals surface area contributed by atoms with E-state index in [9.17, 15) is 4.79 Å². The van der Waals surface area contributed by atoms with Crippen molar-refractivity contribution in [2.24, 2.45) is 0 Å². The van der Waals surface area contributed by atoms with Gasteiger partial charge in [-0.3, -0.25) is 4.79 Å². The van der Waals surface area contributed by atoms with Crippen LogP contribution in [0.15, 0.2) is 0 Å². The number of halogens is 1. The maximum Gasteiger partial charge on any atom is 0.237 e. The quantitative estimate of drug-likeness (QED) is 0.574. The lowest BCUT2D eigenvalue weighted by atomic mass is 10.0. The Morgan fingerprint density at radius 1 is 1.80 bits per heavy atom. The summed E-state index contributed by atoms with van der Waals surface area (Å²) in [6, 6.07) is 0.0336. The largest absolute Gasteiger partial charge is 0.394 e. The molecular formula is C6H10ClNO2. The number of likely N-dealkylation sites (tertiary alicyclic amines) is 1. The van der Waals surface area contributed by atoms with Crippen LogP contribution in [0.25, 0.3) is 0 Å². The van der Waals surface area contributed by atoms with Crippen molar-refractivity contribution in [1.82, 2.24) is 4.90 Å². The average molecular weight is 164 g/mol. The second-order valence-corrected chi connectivity index (χ2v) is 2.61. The molecule has 1 heterocycles. The third-order valence-electron chi connectivity index (χ3n) is 1.79. The third-order valence-corrected chi connectivity index (χ3v) is 2.02. The number of carbonyl (C=O) groups is 1. The molecule has 0 radical (unpaired) electrons. The predicted molar refractivity (Wildman–Crippen MR) is 37.9 cm³/mol. The normalized spacial score (nSPS) is 24.2. The van der Waals surface area contributed by atoms with Gasteiger partial charge < -0.3 is 10.0 Å². The molecule has 0 aliphatic carbocycles. The molecule has 0 bridgehead atoms. The monoisotopic (exact) mass is 163 g/mol. The molecular weight excluding hydrogens is 154 g/mol. The van der Waals surface area contributed by atoms with Crippen LogP contribution >= 0.6 is 11.6 Å². The number of aliphatic hydroxyl groups is 1. The van der Waals surface area contributed by atoms with Gasteiger partial charge in [-0.25, -0.2) is 0 Å². The van der Waals surface area contributed by atoms with E-state index in [0.29, 0.717) is 0 Å². The number of alkyl halides is 1. The number of hydrogen-bond acceptors (Lipinski definition) is 2. The highest BCUT2D eigenvalue weighted by Crippen LogP contribution is 2.16. The Labute approximate surface area is 64.6 Å². The van der Waals surface area contributed by atoms with Crippen LogP contribution in [0.5, 0.6) is 0 Å². The summed E-state index contributed by atoms with van der Waals surface area (Å²) >= 11 is 5.31. The summed E-state index contributed by atoms with van der Waals surface area (Å²) in [5, 5.41) is 8.66. The van der Waals surface area contributed by atoms with Gasteiger partial charge in [-0.05, 0) is 6.42 Å². The molecule has 3 nitrogen and oxygen atoms in total. The summed E-state index contributed by atoms with van der Waals surface area (Å²) in [5.74, 6) is -0.0526. The topological polar surface area (TPSA) is 40.5 Å². The van der Waals surface area contributed by atoms with Crippen molar-refractivity contribution in [1.29, 1.82) is 0 Å². The van der Waals surface area contributed by atoms with Crippen LogP contribution in [0.2, 0.25) is 0 Å². The average Bonchev–Trinajstić information content (AvgIpc) is 1.86. The molecule has 0 saturated carbocycles. The van der Waals surface area contributed by atoms with Gasteiger partial charge in [-0.15, -0.1) is 11.6 Å². The Balaban J connectivity index is 2.35. The van der Waals surface area contributed by atoms with Crippen LogP contribution in [-0.2, 0) is 4.79 Å². The Hall–Kier alpha value is -0.280. The summed E-state index contributed by atoms with van der Waals surface area (Å²) < 4.78 is 0. The molecule has 0 aromatic heterocycles. The van der Waals surface area contributed by atoms with Gasteiger partial charge in [0.25, 0.3) is 0 Å². The predicted octanol–water partition coefficient (Wildman–Crippen LogP) is -0.182. The van der Waals surface area contributed by atoms with Crippen LogP contribution < -0.4 is 0 Å². The number of aliphatic hydroxyl groups excluding tert-OH is 1. The van der Waals surface area contributed by atoms with E-state index in [1.54, 1.807) is 4.90 Å². The molecule has 0 aromatic carbocycles. The van der Waals surface area contributed by atoms with Crippen molar-refractivity contribution in [3.8, 4) is 0 Å².